The summed E-state index contributed by atoms with van der Waals surface area (Å²) < 4.78 is 80.0. The molecule has 1 aromatic carbocycles. The lowest BCUT2D eigenvalue weighted by Gasteiger charge is -2.11. The number of benzene rings is 1. The maximum absolute atomic E-state index is 14.1. The Morgan fingerprint density at radius 2 is 1.34 bits per heavy atom. The first-order chi connectivity index (χ1) is 15.4. The Labute approximate surface area is 182 Å². The topological polar surface area (TPSA) is 112 Å². The number of esters is 1. The van der Waals surface area contributed by atoms with Crippen molar-refractivity contribution in [2.24, 2.45) is 5.11 Å². The van der Waals surface area contributed by atoms with Crippen LogP contribution in [0.25, 0.3) is 10.4 Å². The summed E-state index contributed by atoms with van der Waals surface area (Å²) in [4.78, 5) is 14.3. The van der Waals surface area contributed by atoms with Crippen molar-refractivity contribution in [2.45, 2.75) is 19.8 Å². The summed E-state index contributed by atoms with van der Waals surface area (Å²) in [5.74, 6) is -9.23. The van der Waals surface area contributed by atoms with Crippen LogP contribution in [0.15, 0.2) is 5.11 Å². The monoisotopic (exact) mass is 467 g/mol. The number of carbonyl (C=O) groups excluding carboxylic acids is 1. The number of halogens is 4. The summed E-state index contributed by atoms with van der Waals surface area (Å²) in [6.07, 6.45) is -0.609. The minimum absolute atomic E-state index is 0.126. The van der Waals surface area contributed by atoms with Gasteiger partial charge in [0.2, 0.25) is 11.6 Å². The van der Waals surface area contributed by atoms with Crippen LogP contribution < -0.4 is 4.74 Å². The lowest BCUT2D eigenvalue weighted by molar-refractivity contribution is -0.136. The van der Waals surface area contributed by atoms with Crippen molar-refractivity contribution in [3.8, 4) is 5.75 Å². The fourth-order valence-corrected chi connectivity index (χ4v) is 2.29. The van der Waals surface area contributed by atoms with Crippen LogP contribution in [0.1, 0.15) is 18.9 Å². The van der Waals surface area contributed by atoms with Gasteiger partial charge in [0.1, 0.15) is 0 Å². The van der Waals surface area contributed by atoms with Gasteiger partial charge in [-0.1, -0.05) is 12.0 Å². The fourth-order valence-electron chi connectivity index (χ4n) is 2.29. The van der Waals surface area contributed by atoms with E-state index in [2.05, 4.69) is 14.8 Å². The van der Waals surface area contributed by atoms with Crippen LogP contribution >= 0.6 is 0 Å². The van der Waals surface area contributed by atoms with Gasteiger partial charge in [0.25, 0.3) is 0 Å². The largest absolute Gasteiger partial charge is 0.420 e. The Morgan fingerprint density at radius 1 is 0.812 bits per heavy atom. The minimum atomic E-state index is -1.90. The first-order valence-electron chi connectivity index (χ1n) is 9.81. The molecule has 0 spiro atoms. The molecule has 1 aromatic rings. The first-order valence-corrected chi connectivity index (χ1v) is 9.81. The second-order valence-corrected chi connectivity index (χ2v) is 6.05. The van der Waals surface area contributed by atoms with Crippen molar-refractivity contribution in [3.05, 3.63) is 39.3 Å². The third-order valence-corrected chi connectivity index (χ3v) is 3.85. The molecule has 0 aliphatic carbocycles. The van der Waals surface area contributed by atoms with Crippen LogP contribution in [0.2, 0.25) is 0 Å². The Morgan fingerprint density at radius 3 is 1.88 bits per heavy atom. The summed E-state index contributed by atoms with van der Waals surface area (Å²) >= 11 is 0. The number of rotatable bonds is 17. The Hall–Kier alpha value is -2.44. The van der Waals surface area contributed by atoms with Gasteiger partial charge in [0, 0.05) is 17.0 Å². The van der Waals surface area contributed by atoms with Gasteiger partial charge in [-0.15, -0.1) is 0 Å². The molecule has 13 heteroatoms. The Balaban J connectivity index is 2.12. The van der Waals surface area contributed by atoms with E-state index < -0.39 is 40.6 Å². The van der Waals surface area contributed by atoms with Crippen molar-refractivity contribution in [3.63, 3.8) is 0 Å². The molecule has 0 aliphatic rings. The minimum Gasteiger partial charge on any atom is -0.420 e. The van der Waals surface area contributed by atoms with E-state index in [-0.39, 0.29) is 39.2 Å². The standard InChI is InChI=1S/C19H25F4N3O6/c1-2-13-15(20)17(22)18(23)19(16(13)21)32-14(27)3-5-28-7-9-30-11-12-31-10-8-29-6-4-25-26-24/h2-12H2,1H3. The zero-order valence-electron chi connectivity index (χ0n) is 17.6. The Kier molecular flexibility index (Phi) is 14.0. The molecule has 32 heavy (non-hydrogen) atoms. The van der Waals surface area contributed by atoms with Crippen LogP contribution in [0.3, 0.4) is 0 Å². The zero-order valence-corrected chi connectivity index (χ0v) is 17.6. The predicted molar refractivity (Wildman–Crippen MR) is 103 cm³/mol. The second-order valence-electron chi connectivity index (χ2n) is 6.05. The molecule has 0 heterocycles. The number of carbonyl (C=O) groups is 1. The van der Waals surface area contributed by atoms with E-state index >= 15 is 0 Å². The van der Waals surface area contributed by atoms with Crippen LogP contribution in [0.5, 0.6) is 5.75 Å². The predicted octanol–water partition coefficient (Wildman–Crippen LogP) is 3.48. The molecular formula is C19H25F4N3O6. The molecule has 0 aromatic heterocycles. The van der Waals surface area contributed by atoms with E-state index in [0.29, 0.717) is 33.0 Å². The van der Waals surface area contributed by atoms with Crippen molar-refractivity contribution in [2.75, 3.05) is 59.4 Å². The van der Waals surface area contributed by atoms with Crippen molar-refractivity contribution < 1.29 is 46.0 Å². The summed E-state index contributed by atoms with van der Waals surface area (Å²) in [5.41, 5.74) is 7.37. The molecule has 0 aliphatic heterocycles. The molecular weight excluding hydrogens is 442 g/mol. The van der Waals surface area contributed by atoms with E-state index in [1.807, 2.05) is 0 Å². The highest BCUT2D eigenvalue weighted by Crippen LogP contribution is 2.30. The second kappa shape index (κ2) is 16.2. The maximum atomic E-state index is 14.1. The van der Waals surface area contributed by atoms with Gasteiger partial charge in [0.05, 0.1) is 59.3 Å². The highest BCUT2D eigenvalue weighted by atomic mass is 19.2. The lowest BCUT2D eigenvalue weighted by Crippen LogP contribution is -2.16. The maximum Gasteiger partial charge on any atom is 0.313 e. The summed E-state index contributed by atoms with van der Waals surface area (Å²) in [5, 5.41) is 3.31. The van der Waals surface area contributed by atoms with Gasteiger partial charge in [-0.3, -0.25) is 4.79 Å². The lowest BCUT2D eigenvalue weighted by atomic mass is 10.1. The van der Waals surface area contributed by atoms with Gasteiger partial charge in [-0.05, 0) is 12.0 Å². The quantitative estimate of drug-likeness (QED) is 0.0399. The number of hydrogen-bond donors (Lipinski definition) is 0. The Bertz CT molecular complexity index is 778. The zero-order chi connectivity index (χ0) is 23.8. The SMILES string of the molecule is CCc1c(F)c(F)c(F)c(OC(=O)CCOCCOCCOCCOCCN=[N+]=[N-])c1F. The highest BCUT2D eigenvalue weighted by molar-refractivity contribution is 5.72. The molecule has 0 N–H and O–H groups in total. The molecule has 0 saturated heterocycles. The van der Waals surface area contributed by atoms with E-state index in [1.165, 1.54) is 6.92 Å². The molecule has 0 unspecified atom stereocenters. The normalized spacial score (nSPS) is 10.8. The van der Waals surface area contributed by atoms with Crippen molar-refractivity contribution in [1.82, 2.24) is 0 Å². The van der Waals surface area contributed by atoms with Gasteiger partial charge in [-0.2, -0.15) is 4.39 Å². The van der Waals surface area contributed by atoms with Crippen molar-refractivity contribution in [1.29, 1.82) is 0 Å². The summed E-state index contributed by atoms with van der Waals surface area (Å²) in [6, 6.07) is 0. The molecule has 0 radical (unpaired) electrons. The average molecular weight is 467 g/mol. The summed E-state index contributed by atoms with van der Waals surface area (Å²) in [6.45, 7) is 3.51. The van der Waals surface area contributed by atoms with E-state index in [1.54, 1.807) is 0 Å². The number of azide groups is 1. The number of nitrogens with zero attached hydrogens (tertiary/aromatic N) is 3. The molecule has 9 nitrogen and oxygen atoms in total. The molecule has 0 fully saturated rings. The average Bonchev–Trinajstić information content (AvgIpc) is 2.78. The van der Waals surface area contributed by atoms with Gasteiger partial charge in [0.15, 0.2) is 17.5 Å². The van der Waals surface area contributed by atoms with Crippen LogP contribution in [0.4, 0.5) is 17.6 Å². The molecule has 0 amide bonds. The van der Waals surface area contributed by atoms with E-state index in [4.69, 9.17) is 24.5 Å². The summed E-state index contributed by atoms with van der Waals surface area (Å²) in [7, 11) is 0. The molecule has 0 saturated carbocycles. The molecule has 0 bridgehead atoms. The van der Waals surface area contributed by atoms with Crippen LogP contribution in [0, 0.1) is 23.3 Å². The fraction of sp³-hybridized carbons (Fsp3) is 0.632. The first kappa shape index (κ1) is 27.6. The molecule has 180 valence electrons. The third-order valence-electron chi connectivity index (χ3n) is 3.85. The smallest absolute Gasteiger partial charge is 0.313 e. The van der Waals surface area contributed by atoms with Gasteiger partial charge < -0.3 is 23.7 Å². The van der Waals surface area contributed by atoms with E-state index in [9.17, 15) is 22.4 Å². The highest BCUT2D eigenvalue weighted by Gasteiger charge is 2.27. The third kappa shape index (κ3) is 9.79. The van der Waals surface area contributed by atoms with Crippen molar-refractivity contribution >= 4 is 5.97 Å². The van der Waals surface area contributed by atoms with E-state index in [0.717, 1.165) is 0 Å². The number of ether oxygens (including phenoxy) is 5. The molecule has 1 rings (SSSR count). The van der Waals surface area contributed by atoms with Gasteiger partial charge >= 0.3 is 5.97 Å². The van der Waals surface area contributed by atoms with Crippen LogP contribution in [-0.2, 0) is 30.2 Å². The molecule has 0 atom stereocenters. The number of hydrogen-bond acceptors (Lipinski definition) is 7. The van der Waals surface area contributed by atoms with Crippen LogP contribution in [-0.4, -0.2) is 65.4 Å². The van der Waals surface area contributed by atoms with Gasteiger partial charge in [-0.25, -0.2) is 13.2 Å².